The Hall–Kier alpha value is -1.49. The normalized spacial score (nSPS) is 46.8. The average molecular weight is 850 g/mol. The van der Waals surface area contributed by atoms with Crippen LogP contribution >= 0.6 is 0 Å². The Kier molecular flexibility index (Phi) is 11.9. The van der Waals surface area contributed by atoms with Gasteiger partial charge in [-0.3, -0.25) is 4.90 Å². The van der Waals surface area contributed by atoms with E-state index in [4.69, 9.17) is 56.8 Å². The van der Waals surface area contributed by atoms with Crippen molar-refractivity contribution in [3.05, 3.63) is 10.4 Å². The summed E-state index contributed by atoms with van der Waals surface area (Å²) in [7, 11) is 0. The van der Waals surface area contributed by atoms with E-state index in [0.29, 0.717) is 0 Å². The molecule has 0 spiro atoms. The maximum absolute atomic E-state index is 12.0. The third kappa shape index (κ3) is 8.75. The molecule has 23 heteroatoms. The van der Waals surface area contributed by atoms with E-state index in [0.717, 1.165) is 0 Å². The van der Waals surface area contributed by atoms with Gasteiger partial charge in [-0.05, 0) is 60.9 Å². The smallest absolute Gasteiger partial charge is 0.190 e. The van der Waals surface area contributed by atoms with E-state index in [1.165, 1.54) is 4.90 Å². The molecule has 0 radical (unpaired) electrons. The van der Waals surface area contributed by atoms with Crippen LogP contribution in [0.3, 0.4) is 0 Å². The number of azide groups is 1. The molecule has 0 aliphatic carbocycles. The molecule has 0 bridgehead atoms. The maximum Gasteiger partial charge on any atom is 0.190 e. The lowest BCUT2D eigenvalue weighted by molar-refractivity contribution is -0.230. The van der Waals surface area contributed by atoms with E-state index in [2.05, 4.69) is 15.3 Å². The van der Waals surface area contributed by atoms with Crippen LogP contribution in [-0.2, 0) is 56.8 Å². The first-order chi connectivity index (χ1) is 27.5. The van der Waals surface area contributed by atoms with Gasteiger partial charge in [-0.2, -0.15) is 0 Å². The minimum atomic E-state index is -1.39. The fraction of sp³-hybridized carbons (Fsp3) is 1.00. The van der Waals surface area contributed by atoms with Crippen molar-refractivity contribution >= 4 is 0 Å². The Balaban J connectivity index is 0.972. The first kappa shape index (κ1) is 44.1. The van der Waals surface area contributed by atoms with Gasteiger partial charge in [0, 0.05) is 31.1 Å². The van der Waals surface area contributed by atoms with E-state index in [9.17, 15) is 36.2 Å². The molecule has 0 aromatic rings. The summed E-state index contributed by atoms with van der Waals surface area (Å²) in [6.45, 7) is 12.6. The van der Waals surface area contributed by atoms with Gasteiger partial charge in [0.05, 0.1) is 42.6 Å². The van der Waals surface area contributed by atoms with Crippen LogP contribution in [0.2, 0.25) is 0 Å². The zero-order valence-electron chi connectivity index (χ0n) is 34.2. The Morgan fingerprint density at radius 1 is 0.542 bits per heavy atom. The lowest BCUT2D eigenvalue weighted by Crippen LogP contribution is -2.57. The fourth-order valence-electron chi connectivity index (χ4n) is 9.49. The molecule has 8 rings (SSSR count). The number of ether oxygens (including phenoxy) is 12. The highest BCUT2D eigenvalue weighted by Gasteiger charge is 2.60. The zero-order valence-corrected chi connectivity index (χ0v) is 34.2. The van der Waals surface area contributed by atoms with Crippen molar-refractivity contribution in [2.45, 2.75) is 201 Å². The van der Waals surface area contributed by atoms with Crippen LogP contribution in [0.5, 0.6) is 0 Å². The number of hydrogen-bond acceptors (Lipinski definition) is 21. The highest BCUT2D eigenvalue weighted by molar-refractivity contribution is 5.05. The number of aliphatic hydroxyl groups is 6. The summed E-state index contributed by atoms with van der Waals surface area (Å²) in [5, 5.41) is 75.7. The standard InChI is InChI=1S/C36H59N5O18/c1-33(2)52-25-17(38-9-13(42)21-18(39-40-37)26-30(48-21)57-34(3,4)53-26)22(49-29(25)56-33)14(43)10-41(11-15(44)23-19(46)27-31(50-23)58-35(5,6)54-27)12-16(45)24-20(47)28-32(51-24)59-36(7,8)55-28/h13-32,38,42-47H,9-12H2,1-8H3/t13-,14-,15+,16+,17+,18+,19+,20+,21-,22-,23-,24-,25-,26-,27-,28-,29-,30-,31-,32-/m1/s1. The molecule has 8 saturated heterocycles. The second kappa shape index (κ2) is 15.9. The van der Waals surface area contributed by atoms with Crippen LogP contribution in [-0.4, -0.2) is 208 Å². The molecule has 8 heterocycles. The maximum atomic E-state index is 12.0. The Bertz CT molecular complexity index is 1520. The lowest BCUT2D eigenvalue weighted by Gasteiger charge is -2.36. The lowest BCUT2D eigenvalue weighted by atomic mass is 9.99. The Labute approximate surface area is 340 Å². The summed E-state index contributed by atoms with van der Waals surface area (Å²) in [4.78, 5) is 4.46. The topological polar surface area (TPSA) is 296 Å². The molecule has 59 heavy (non-hydrogen) atoms. The van der Waals surface area contributed by atoms with Gasteiger partial charge < -0.3 is 92.8 Å². The Morgan fingerprint density at radius 3 is 1.37 bits per heavy atom. The zero-order chi connectivity index (χ0) is 42.6. The van der Waals surface area contributed by atoms with Crippen molar-refractivity contribution in [2.24, 2.45) is 5.11 Å². The summed E-state index contributed by atoms with van der Waals surface area (Å²) in [6, 6.07) is -1.71. The Morgan fingerprint density at radius 2 is 0.915 bits per heavy atom. The summed E-state index contributed by atoms with van der Waals surface area (Å²) in [5.74, 6) is -4.04. The first-order valence-corrected chi connectivity index (χ1v) is 20.2. The van der Waals surface area contributed by atoms with Crippen LogP contribution in [0, 0.1) is 0 Å². The molecule has 23 nitrogen and oxygen atoms in total. The molecule has 8 aliphatic heterocycles. The van der Waals surface area contributed by atoms with Crippen LogP contribution in [0.1, 0.15) is 55.4 Å². The van der Waals surface area contributed by atoms with Crippen LogP contribution in [0.25, 0.3) is 10.4 Å². The monoisotopic (exact) mass is 849 g/mol. The molecular weight excluding hydrogens is 790 g/mol. The van der Waals surface area contributed by atoms with E-state index in [1.807, 2.05) is 0 Å². The molecule has 0 saturated carbocycles. The van der Waals surface area contributed by atoms with E-state index < -0.39 is 146 Å². The van der Waals surface area contributed by atoms with Gasteiger partial charge in [0.25, 0.3) is 0 Å². The predicted octanol–water partition coefficient (Wildman–Crippen LogP) is -2.40. The highest BCUT2D eigenvalue weighted by Crippen LogP contribution is 2.43. The third-order valence-electron chi connectivity index (χ3n) is 11.8. The minimum Gasteiger partial charge on any atom is -0.389 e. The number of fused-ring (bicyclic) bond motifs is 4. The van der Waals surface area contributed by atoms with E-state index in [1.54, 1.807) is 55.4 Å². The highest BCUT2D eigenvalue weighted by atomic mass is 16.9. The molecule has 0 aromatic carbocycles. The van der Waals surface area contributed by atoms with Gasteiger partial charge in [-0.15, -0.1) is 0 Å². The van der Waals surface area contributed by atoms with Gasteiger partial charge in [0.2, 0.25) is 0 Å². The van der Waals surface area contributed by atoms with Gasteiger partial charge in [0.1, 0.15) is 54.9 Å². The van der Waals surface area contributed by atoms with Gasteiger partial charge in [-0.25, -0.2) is 0 Å². The molecule has 7 N–H and O–H groups in total. The molecule has 0 unspecified atom stereocenters. The van der Waals surface area contributed by atoms with Crippen molar-refractivity contribution in [1.29, 1.82) is 0 Å². The summed E-state index contributed by atoms with van der Waals surface area (Å²) in [5.41, 5.74) is 9.31. The number of rotatable bonds is 14. The second-order valence-corrected chi connectivity index (χ2v) is 18.4. The van der Waals surface area contributed by atoms with E-state index >= 15 is 0 Å². The van der Waals surface area contributed by atoms with Crippen LogP contribution < -0.4 is 5.32 Å². The molecule has 0 amide bonds. The number of aliphatic hydroxyl groups excluding tert-OH is 6. The predicted molar refractivity (Wildman–Crippen MR) is 192 cm³/mol. The van der Waals surface area contributed by atoms with E-state index in [-0.39, 0.29) is 26.2 Å². The molecule has 0 aromatic heterocycles. The second-order valence-electron chi connectivity index (χ2n) is 18.4. The van der Waals surface area contributed by atoms with Gasteiger partial charge in [0.15, 0.2) is 48.3 Å². The third-order valence-corrected chi connectivity index (χ3v) is 11.8. The largest absolute Gasteiger partial charge is 0.389 e. The van der Waals surface area contributed by atoms with Crippen molar-refractivity contribution in [3.8, 4) is 0 Å². The van der Waals surface area contributed by atoms with Crippen molar-refractivity contribution in [2.75, 3.05) is 26.2 Å². The molecule has 8 fully saturated rings. The first-order valence-electron chi connectivity index (χ1n) is 20.2. The summed E-state index contributed by atoms with van der Waals surface area (Å²) < 4.78 is 71.0. The molecule has 336 valence electrons. The fourth-order valence-corrected chi connectivity index (χ4v) is 9.49. The molecule has 20 atom stereocenters. The summed E-state index contributed by atoms with van der Waals surface area (Å²) >= 11 is 0. The molecular formula is C36H59N5O18. The van der Waals surface area contributed by atoms with Gasteiger partial charge in [-0.1, -0.05) is 5.11 Å². The number of nitrogens with zero attached hydrogens (tertiary/aromatic N) is 4. The average Bonchev–Trinajstić information content (AvgIpc) is 3.98. The van der Waals surface area contributed by atoms with Crippen LogP contribution in [0.4, 0.5) is 0 Å². The van der Waals surface area contributed by atoms with Gasteiger partial charge >= 0.3 is 0 Å². The van der Waals surface area contributed by atoms with Crippen LogP contribution in [0.15, 0.2) is 5.11 Å². The minimum absolute atomic E-state index is 0.142. The quantitative estimate of drug-likeness (QED) is 0.0544. The van der Waals surface area contributed by atoms with Crippen molar-refractivity contribution < 1.29 is 87.5 Å². The summed E-state index contributed by atoms with van der Waals surface area (Å²) in [6.07, 6.45) is -19.2. The SMILES string of the molecule is CC1(C)O[C@H]2O[C@H]([C@@H](O)CN(C[C@@H](O)[C@H]3O[C@@H]4OC(C)(C)O[C@@H]4[C@H]3NC[C@@H](O)[C@H]3O[C@@H]4OC(C)(C)O[C@@H]4[C@H]3N=[N+]=[N-])C[C@H](O)[C@H]3O[C@@H]4OC(C)(C)O[C@@H]4[C@H]3O)[C@H](O)[C@H]2O1. The number of nitrogens with one attached hydrogen (secondary N) is 1. The molecule has 8 aliphatic rings. The number of hydrogen-bond donors (Lipinski definition) is 7. The van der Waals surface area contributed by atoms with Crippen molar-refractivity contribution in [1.82, 2.24) is 10.2 Å². The van der Waals surface area contributed by atoms with Crippen molar-refractivity contribution in [3.63, 3.8) is 0 Å².